The van der Waals surface area contributed by atoms with Crippen LogP contribution in [0.3, 0.4) is 0 Å². The molecule has 3 aromatic rings. The predicted molar refractivity (Wildman–Crippen MR) is 95.9 cm³/mol. The second-order valence-corrected chi connectivity index (χ2v) is 5.92. The minimum Gasteiger partial charge on any atom is -0.361 e. The van der Waals surface area contributed by atoms with Crippen LogP contribution in [0.15, 0.2) is 72.5 Å². The standard InChI is InChI=1S/C11H8N.C8H9N2S.Ir/c1-2-6-10(7-3-1)11-8-4-5-9-12-11;1-9-4-5-10(7-9)8-3-2-6-11-8;/h1-6,8-9H;2,4-6H,7H2,1H3;/q2*-1;. The van der Waals surface area contributed by atoms with Gasteiger partial charge in [-0.2, -0.15) is 5.38 Å². The number of pyridine rings is 1. The van der Waals surface area contributed by atoms with Crippen molar-refractivity contribution in [2.45, 2.75) is 0 Å². The van der Waals surface area contributed by atoms with Crippen LogP contribution < -0.4 is 4.90 Å². The number of aromatic nitrogens is 1. The summed E-state index contributed by atoms with van der Waals surface area (Å²) in [6, 6.07) is 21.9. The van der Waals surface area contributed by atoms with Gasteiger partial charge in [-0.25, -0.2) is 23.5 Å². The van der Waals surface area contributed by atoms with E-state index in [4.69, 9.17) is 0 Å². The van der Waals surface area contributed by atoms with Gasteiger partial charge in [-0.3, -0.25) is 0 Å². The molecule has 5 heteroatoms. The van der Waals surface area contributed by atoms with Crippen molar-refractivity contribution in [1.82, 2.24) is 9.88 Å². The van der Waals surface area contributed by atoms with E-state index in [1.807, 2.05) is 53.9 Å². The van der Waals surface area contributed by atoms with Crippen LogP contribution in [0, 0.1) is 12.1 Å². The van der Waals surface area contributed by atoms with Crippen molar-refractivity contribution < 1.29 is 20.1 Å². The Morgan fingerprint density at radius 3 is 2.50 bits per heavy atom. The average Bonchev–Trinajstić information content (AvgIpc) is 3.28. The Hall–Kier alpha value is -1.94. The first kappa shape index (κ1) is 18.4. The Morgan fingerprint density at radius 1 is 1.04 bits per heavy atom. The van der Waals surface area contributed by atoms with E-state index in [2.05, 4.69) is 46.4 Å². The van der Waals surface area contributed by atoms with E-state index in [0.717, 1.165) is 17.9 Å². The molecule has 24 heavy (non-hydrogen) atoms. The fourth-order valence-electron chi connectivity index (χ4n) is 2.12. The fraction of sp³-hybridized carbons (Fsp3) is 0.105. The summed E-state index contributed by atoms with van der Waals surface area (Å²) in [6.45, 7) is 0.941. The zero-order valence-electron chi connectivity index (χ0n) is 13.2. The number of hydrogen-bond donors (Lipinski definition) is 0. The molecule has 125 valence electrons. The Bertz CT molecular complexity index is 692. The minimum absolute atomic E-state index is 0. The van der Waals surface area contributed by atoms with Crippen molar-refractivity contribution in [1.29, 1.82) is 0 Å². The summed E-state index contributed by atoms with van der Waals surface area (Å²) in [5.41, 5.74) is 2.01. The molecule has 1 aromatic carbocycles. The monoisotopic (exact) mass is 512 g/mol. The van der Waals surface area contributed by atoms with Crippen LogP contribution >= 0.6 is 11.3 Å². The maximum Gasteiger partial charge on any atom is 0.0930 e. The van der Waals surface area contributed by atoms with Crippen LogP contribution in [0.2, 0.25) is 0 Å². The molecular formula is C19H17IrN3S-2. The van der Waals surface area contributed by atoms with E-state index in [0.29, 0.717) is 0 Å². The molecule has 0 aliphatic carbocycles. The molecule has 2 aromatic heterocycles. The summed E-state index contributed by atoms with van der Waals surface area (Å²) in [5, 5.41) is 3.23. The van der Waals surface area contributed by atoms with Gasteiger partial charge < -0.3 is 14.8 Å². The maximum absolute atomic E-state index is 4.22. The van der Waals surface area contributed by atoms with E-state index < -0.39 is 0 Å². The molecule has 0 spiro atoms. The van der Waals surface area contributed by atoms with Gasteiger partial charge in [-0.05, 0) is 16.8 Å². The first-order valence-electron chi connectivity index (χ1n) is 7.31. The molecule has 0 saturated heterocycles. The van der Waals surface area contributed by atoms with Gasteiger partial charge in [-0.15, -0.1) is 35.9 Å². The van der Waals surface area contributed by atoms with E-state index in [-0.39, 0.29) is 20.1 Å². The summed E-state index contributed by atoms with van der Waals surface area (Å²) in [7, 11) is 2.06. The molecular weight excluding hydrogens is 495 g/mol. The molecule has 3 heterocycles. The molecule has 1 aliphatic heterocycles. The maximum atomic E-state index is 4.22. The minimum atomic E-state index is 0. The van der Waals surface area contributed by atoms with Crippen LogP contribution in [0.25, 0.3) is 11.3 Å². The Balaban J connectivity index is 0.000000167. The van der Waals surface area contributed by atoms with Crippen molar-refractivity contribution in [2.24, 2.45) is 0 Å². The van der Waals surface area contributed by atoms with Crippen molar-refractivity contribution in [3.05, 3.63) is 84.6 Å². The summed E-state index contributed by atoms with van der Waals surface area (Å²) in [4.78, 5) is 8.52. The van der Waals surface area contributed by atoms with E-state index in [1.165, 1.54) is 5.00 Å². The fourth-order valence-corrected chi connectivity index (χ4v) is 2.78. The average molecular weight is 512 g/mol. The summed E-state index contributed by atoms with van der Waals surface area (Å²) < 4.78 is 0. The van der Waals surface area contributed by atoms with Gasteiger partial charge in [0.25, 0.3) is 0 Å². The smallest absolute Gasteiger partial charge is 0.0930 e. The molecule has 0 N–H and O–H groups in total. The Morgan fingerprint density at radius 2 is 1.92 bits per heavy atom. The van der Waals surface area contributed by atoms with E-state index in [1.54, 1.807) is 17.5 Å². The van der Waals surface area contributed by atoms with Gasteiger partial charge in [0, 0.05) is 45.7 Å². The number of thiophene rings is 1. The number of anilines is 1. The van der Waals surface area contributed by atoms with E-state index in [9.17, 15) is 0 Å². The molecule has 0 amide bonds. The molecule has 0 atom stereocenters. The molecule has 4 rings (SSSR count). The molecule has 1 radical (unpaired) electrons. The van der Waals surface area contributed by atoms with Crippen LogP contribution in [0.1, 0.15) is 0 Å². The second-order valence-electron chi connectivity index (χ2n) is 5.03. The van der Waals surface area contributed by atoms with E-state index >= 15 is 0 Å². The molecule has 3 nitrogen and oxygen atoms in total. The zero-order chi connectivity index (χ0) is 15.9. The first-order valence-corrected chi connectivity index (χ1v) is 8.19. The third-order valence-electron chi connectivity index (χ3n) is 3.24. The number of hydrogen-bond acceptors (Lipinski definition) is 4. The summed E-state index contributed by atoms with van der Waals surface area (Å²) >= 11 is 1.71. The second kappa shape index (κ2) is 9.38. The number of benzene rings is 1. The van der Waals surface area contributed by atoms with Gasteiger partial charge >= 0.3 is 0 Å². The summed E-state index contributed by atoms with van der Waals surface area (Å²) in [6.07, 6.45) is 5.92. The van der Waals surface area contributed by atoms with Gasteiger partial charge in [-0.1, -0.05) is 12.1 Å². The summed E-state index contributed by atoms with van der Waals surface area (Å²) in [5.74, 6) is 0. The Kier molecular flexibility index (Phi) is 7.19. The van der Waals surface area contributed by atoms with Crippen molar-refractivity contribution >= 4 is 16.3 Å². The van der Waals surface area contributed by atoms with Gasteiger partial charge in [0.05, 0.1) is 6.67 Å². The normalized spacial score (nSPS) is 12.4. The third-order valence-corrected chi connectivity index (χ3v) is 4.09. The zero-order valence-corrected chi connectivity index (χ0v) is 16.4. The molecule has 0 fully saturated rings. The molecule has 0 unspecified atom stereocenters. The molecule has 1 aliphatic rings. The topological polar surface area (TPSA) is 19.4 Å². The van der Waals surface area contributed by atoms with Gasteiger partial charge in [0.2, 0.25) is 0 Å². The van der Waals surface area contributed by atoms with Crippen LogP contribution in [-0.2, 0) is 20.1 Å². The number of rotatable bonds is 2. The molecule has 0 bridgehead atoms. The number of nitrogens with zero attached hydrogens (tertiary/aromatic N) is 3. The largest absolute Gasteiger partial charge is 0.361 e. The SMILES string of the molecule is CN1C=CN(c2[c-]ccs2)C1.[Ir].[c-]1ccccc1-c1ccccn1. The third kappa shape index (κ3) is 5.03. The van der Waals surface area contributed by atoms with Crippen molar-refractivity contribution in [3.63, 3.8) is 0 Å². The first-order chi connectivity index (χ1) is 11.3. The Labute approximate surface area is 160 Å². The van der Waals surface area contributed by atoms with Crippen molar-refractivity contribution in [3.8, 4) is 11.3 Å². The van der Waals surface area contributed by atoms with Gasteiger partial charge in [0.15, 0.2) is 0 Å². The van der Waals surface area contributed by atoms with Crippen LogP contribution in [-0.4, -0.2) is 23.6 Å². The van der Waals surface area contributed by atoms with Crippen molar-refractivity contribution in [2.75, 3.05) is 18.6 Å². The predicted octanol–water partition coefficient (Wildman–Crippen LogP) is 4.28. The van der Waals surface area contributed by atoms with Crippen LogP contribution in [0.4, 0.5) is 5.00 Å². The van der Waals surface area contributed by atoms with Crippen LogP contribution in [0.5, 0.6) is 0 Å². The quantitative estimate of drug-likeness (QED) is 0.479. The van der Waals surface area contributed by atoms with Gasteiger partial charge in [0.1, 0.15) is 0 Å². The molecule has 0 saturated carbocycles.